The number of hydrogen-bond donors (Lipinski definition) is 1. The van der Waals surface area contributed by atoms with Gasteiger partial charge < -0.3 is 9.84 Å². The number of halogens is 2. The number of nitrogens with zero attached hydrogens (tertiary/aromatic N) is 1. The first-order valence-electron chi connectivity index (χ1n) is 4.88. The van der Waals surface area contributed by atoms with Crippen molar-refractivity contribution >= 4 is 22.6 Å². The number of aliphatic hydroxyl groups excluding tert-OH is 1. The Morgan fingerprint density at radius 1 is 1.35 bits per heavy atom. The van der Waals surface area contributed by atoms with Crippen molar-refractivity contribution < 1.29 is 14.2 Å². The summed E-state index contributed by atoms with van der Waals surface area (Å²) < 4.78 is 19.4. The van der Waals surface area contributed by atoms with Crippen LogP contribution in [0.5, 0.6) is 11.6 Å². The van der Waals surface area contributed by atoms with Crippen molar-refractivity contribution in [1.82, 2.24) is 4.98 Å². The van der Waals surface area contributed by atoms with E-state index in [-0.39, 0.29) is 12.5 Å². The molecular formula is C12H9FINO2. The molecule has 0 aliphatic rings. The normalized spacial score (nSPS) is 10.3. The van der Waals surface area contributed by atoms with Crippen molar-refractivity contribution in [1.29, 1.82) is 0 Å². The van der Waals surface area contributed by atoms with Gasteiger partial charge in [-0.2, -0.15) is 0 Å². The summed E-state index contributed by atoms with van der Waals surface area (Å²) in [7, 11) is 0. The van der Waals surface area contributed by atoms with Gasteiger partial charge in [0.05, 0.1) is 12.8 Å². The average molecular weight is 345 g/mol. The lowest BCUT2D eigenvalue weighted by Gasteiger charge is -2.08. The van der Waals surface area contributed by atoms with E-state index in [1.165, 1.54) is 6.07 Å². The minimum Gasteiger partial charge on any atom is -0.439 e. The van der Waals surface area contributed by atoms with Crippen LogP contribution in [0, 0.1) is 9.39 Å². The minimum absolute atomic E-state index is 0.218. The molecule has 0 aliphatic heterocycles. The number of aliphatic hydroxyl groups is 1. The molecule has 17 heavy (non-hydrogen) atoms. The van der Waals surface area contributed by atoms with Crippen molar-refractivity contribution in [3.8, 4) is 11.6 Å². The molecule has 0 saturated carbocycles. The second kappa shape index (κ2) is 5.42. The van der Waals surface area contributed by atoms with Gasteiger partial charge in [0.15, 0.2) is 0 Å². The Bertz CT molecular complexity index is 534. The summed E-state index contributed by atoms with van der Waals surface area (Å²) in [4.78, 5) is 3.81. The van der Waals surface area contributed by atoms with Crippen LogP contribution in [0.25, 0.3) is 0 Å². The standard InChI is InChI=1S/C12H9FINO2/c13-9-4-8(7-16)12(15-6-9)17-11-3-1-2-10(14)5-11/h1-6,16H,7H2. The summed E-state index contributed by atoms with van der Waals surface area (Å²) in [5.74, 6) is 0.325. The number of pyridine rings is 1. The van der Waals surface area contributed by atoms with Crippen LogP contribution in [0.15, 0.2) is 36.5 Å². The molecule has 1 N–H and O–H groups in total. The predicted molar refractivity (Wildman–Crippen MR) is 69.4 cm³/mol. The van der Waals surface area contributed by atoms with Crippen molar-refractivity contribution in [3.63, 3.8) is 0 Å². The van der Waals surface area contributed by atoms with E-state index in [4.69, 9.17) is 9.84 Å². The summed E-state index contributed by atoms with van der Waals surface area (Å²) in [6.45, 7) is -0.315. The fourth-order valence-corrected chi connectivity index (χ4v) is 1.83. The van der Waals surface area contributed by atoms with E-state index in [9.17, 15) is 4.39 Å². The zero-order chi connectivity index (χ0) is 12.3. The fraction of sp³-hybridized carbons (Fsp3) is 0.0833. The molecule has 5 heteroatoms. The number of benzene rings is 1. The molecule has 0 amide bonds. The zero-order valence-electron chi connectivity index (χ0n) is 8.73. The maximum atomic E-state index is 12.9. The fourth-order valence-electron chi connectivity index (χ4n) is 1.32. The molecule has 1 aromatic carbocycles. The average Bonchev–Trinajstić information content (AvgIpc) is 2.31. The Labute approximate surface area is 111 Å². The molecule has 0 spiro atoms. The molecule has 88 valence electrons. The number of ether oxygens (including phenoxy) is 1. The Morgan fingerprint density at radius 2 is 2.18 bits per heavy atom. The van der Waals surface area contributed by atoms with E-state index in [1.807, 2.05) is 18.2 Å². The molecule has 0 unspecified atom stereocenters. The van der Waals surface area contributed by atoms with Crippen LogP contribution in [-0.4, -0.2) is 10.1 Å². The lowest BCUT2D eigenvalue weighted by atomic mass is 10.3. The third-order valence-corrected chi connectivity index (χ3v) is 2.74. The summed E-state index contributed by atoms with van der Waals surface area (Å²) in [6.07, 6.45) is 1.06. The summed E-state index contributed by atoms with van der Waals surface area (Å²) in [5.41, 5.74) is 0.323. The molecule has 1 aromatic heterocycles. The van der Waals surface area contributed by atoms with Crippen molar-refractivity contribution in [2.75, 3.05) is 0 Å². The minimum atomic E-state index is -0.496. The Kier molecular flexibility index (Phi) is 3.90. The van der Waals surface area contributed by atoms with Crippen LogP contribution in [0.3, 0.4) is 0 Å². The summed E-state index contributed by atoms with van der Waals surface area (Å²) in [5, 5.41) is 9.09. The van der Waals surface area contributed by atoms with Gasteiger partial charge in [-0.1, -0.05) is 6.07 Å². The van der Waals surface area contributed by atoms with Gasteiger partial charge >= 0.3 is 0 Å². The van der Waals surface area contributed by atoms with Gasteiger partial charge in [0, 0.05) is 9.13 Å². The molecule has 0 fully saturated rings. The molecule has 2 aromatic rings. The van der Waals surface area contributed by atoms with Crippen LogP contribution in [0.2, 0.25) is 0 Å². The van der Waals surface area contributed by atoms with Gasteiger partial charge in [0.25, 0.3) is 0 Å². The van der Waals surface area contributed by atoms with Gasteiger partial charge in [-0.25, -0.2) is 9.37 Å². The molecule has 2 rings (SSSR count). The van der Waals surface area contributed by atoms with Gasteiger partial charge in [0.2, 0.25) is 5.88 Å². The predicted octanol–water partition coefficient (Wildman–Crippen LogP) is 3.11. The van der Waals surface area contributed by atoms with Crippen molar-refractivity contribution in [2.45, 2.75) is 6.61 Å². The highest BCUT2D eigenvalue weighted by molar-refractivity contribution is 14.1. The molecule has 0 saturated heterocycles. The van der Waals surface area contributed by atoms with E-state index >= 15 is 0 Å². The number of rotatable bonds is 3. The van der Waals surface area contributed by atoms with Crippen molar-refractivity contribution in [3.05, 3.63) is 51.5 Å². The third kappa shape index (κ3) is 3.13. The van der Waals surface area contributed by atoms with E-state index < -0.39 is 5.82 Å². The zero-order valence-corrected chi connectivity index (χ0v) is 10.9. The van der Waals surface area contributed by atoms with E-state index in [0.717, 1.165) is 9.77 Å². The second-order valence-electron chi connectivity index (χ2n) is 3.34. The Balaban J connectivity index is 2.29. The van der Waals surface area contributed by atoms with Crippen molar-refractivity contribution in [2.24, 2.45) is 0 Å². The molecule has 0 radical (unpaired) electrons. The van der Waals surface area contributed by atoms with Gasteiger partial charge in [-0.05, 0) is 46.9 Å². The van der Waals surface area contributed by atoms with Crippen LogP contribution in [-0.2, 0) is 6.61 Å². The first kappa shape index (κ1) is 12.3. The van der Waals surface area contributed by atoms with Crippen LogP contribution < -0.4 is 4.74 Å². The maximum absolute atomic E-state index is 12.9. The molecule has 0 atom stereocenters. The SMILES string of the molecule is OCc1cc(F)cnc1Oc1cccc(I)c1. The Morgan fingerprint density at radius 3 is 2.88 bits per heavy atom. The van der Waals surface area contributed by atoms with Gasteiger partial charge in [-0.15, -0.1) is 0 Å². The quantitative estimate of drug-likeness (QED) is 0.870. The molecule has 0 bridgehead atoms. The van der Waals surface area contributed by atoms with Gasteiger partial charge in [0.1, 0.15) is 11.6 Å². The molecular weight excluding hydrogens is 336 g/mol. The highest BCUT2D eigenvalue weighted by atomic mass is 127. The molecule has 0 aliphatic carbocycles. The second-order valence-corrected chi connectivity index (χ2v) is 4.58. The first-order chi connectivity index (χ1) is 8.19. The number of aromatic nitrogens is 1. The molecule has 1 heterocycles. The van der Waals surface area contributed by atoms with E-state index in [1.54, 1.807) is 6.07 Å². The largest absolute Gasteiger partial charge is 0.439 e. The highest BCUT2D eigenvalue weighted by Gasteiger charge is 2.07. The smallest absolute Gasteiger partial charge is 0.224 e. The van der Waals surface area contributed by atoms with Gasteiger partial charge in [-0.3, -0.25) is 0 Å². The van der Waals surface area contributed by atoms with E-state index in [2.05, 4.69) is 27.6 Å². The lowest BCUT2D eigenvalue weighted by Crippen LogP contribution is -1.96. The Hall–Kier alpha value is -1.21. The van der Waals surface area contributed by atoms with Crippen LogP contribution in [0.4, 0.5) is 4.39 Å². The highest BCUT2D eigenvalue weighted by Crippen LogP contribution is 2.24. The number of hydrogen-bond acceptors (Lipinski definition) is 3. The molecule has 3 nitrogen and oxygen atoms in total. The van der Waals surface area contributed by atoms with Crippen LogP contribution in [0.1, 0.15) is 5.56 Å². The third-order valence-electron chi connectivity index (χ3n) is 2.07. The monoisotopic (exact) mass is 345 g/mol. The van der Waals surface area contributed by atoms with E-state index in [0.29, 0.717) is 11.3 Å². The summed E-state index contributed by atoms with van der Waals surface area (Å²) in [6, 6.07) is 8.58. The topological polar surface area (TPSA) is 42.4 Å². The first-order valence-corrected chi connectivity index (χ1v) is 5.95. The van der Waals surface area contributed by atoms with Crippen LogP contribution >= 0.6 is 22.6 Å². The lowest BCUT2D eigenvalue weighted by molar-refractivity contribution is 0.274. The summed E-state index contributed by atoms with van der Waals surface area (Å²) >= 11 is 2.16. The maximum Gasteiger partial charge on any atom is 0.224 e.